The molecule has 0 aliphatic rings. The van der Waals surface area contributed by atoms with Gasteiger partial charge in [-0.25, -0.2) is 9.97 Å². The van der Waals surface area contributed by atoms with Crippen molar-refractivity contribution in [2.45, 2.75) is 13.1 Å². The van der Waals surface area contributed by atoms with Crippen molar-refractivity contribution in [3.63, 3.8) is 0 Å². The fraction of sp³-hybridized carbons (Fsp3) is 0.167. The summed E-state index contributed by atoms with van der Waals surface area (Å²) in [5, 5.41) is 5.11. The quantitative estimate of drug-likeness (QED) is 0.339. The first-order chi connectivity index (χ1) is 17.1. The second-order valence-electron chi connectivity index (χ2n) is 7.52. The molecule has 1 aromatic carbocycles. The number of aryl methyl sites for hydroxylation is 1. The lowest BCUT2D eigenvalue weighted by Gasteiger charge is -2.12. The molecule has 186 valence electrons. The highest BCUT2D eigenvalue weighted by molar-refractivity contribution is 6.17. The number of hydrogen-bond donors (Lipinski definition) is 3. The van der Waals surface area contributed by atoms with Gasteiger partial charge in [-0.3, -0.25) is 19.6 Å². The molecule has 9 nitrogen and oxygen atoms in total. The van der Waals surface area contributed by atoms with Gasteiger partial charge in [0.05, 0.1) is 11.3 Å². The van der Waals surface area contributed by atoms with E-state index in [1.807, 2.05) is 13.0 Å². The van der Waals surface area contributed by atoms with E-state index in [-0.39, 0.29) is 17.2 Å². The summed E-state index contributed by atoms with van der Waals surface area (Å²) in [6, 6.07) is 8.49. The van der Waals surface area contributed by atoms with E-state index >= 15 is 0 Å². The van der Waals surface area contributed by atoms with Crippen molar-refractivity contribution in [3.8, 4) is 22.4 Å². The van der Waals surface area contributed by atoms with Gasteiger partial charge in [-0.1, -0.05) is 6.07 Å². The van der Waals surface area contributed by atoms with Crippen LogP contribution in [0.3, 0.4) is 0 Å². The van der Waals surface area contributed by atoms with Crippen molar-refractivity contribution in [2.75, 3.05) is 18.9 Å². The number of alkyl halides is 3. The van der Waals surface area contributed by atoms with E-state index in [1.54, 1.807) is 36.7 Å². The zero-order valence-electron chi connectivity index (χ0n) is 19.3. The number of benzene rings is 1. The van der Waals surface area contributed by atoms with Crippen molar-refractivity contribution >= 4 is 23.7 Å². The normalized spacial score (nSPS) is 12.0. The number of nitrogens with zero attached hydrogens (tertiary/aromatic N) is 4. The van der Waals surface area contributed by atoms with Crippen LogP contribution in [0.25, 0.3) is 22.4 Å². The van der Waals surface area contributed by atoms with Gasteiger partial charge in [0, 0.05) is 48.7 Å². The van der Waals surface area contributed by atoms with Crippen molar-refractivity contribution < 1.29 is 22.8 Å². The average Bonchev–Trinajstić information content (AvgIpc) is 2.86. The van der Waals surface area contributed by atoms with Gasteiger partial charge in [0.2, 0.25) is 0 Å². The van der Waals surface area contributed by atoms with E-state index in [9.17, 15) is 22.8 Å². The Labute approximate surface area is 204 Å². The Kier molecular flexibility index (Phi) is 8.10. The second kappa shape index (κ2) is 11.2. The smallest absolute Gasteiger partial charge is 0.404 e. The molecule has 2 aromatic heterocycles. The summed E-state index contributed by atoms with van der Waals surface area (Å²) >= 11 is 0. The minimum atomic E-state index is -4.49. The maximum Gasteiger partial charge on any atom is 0.407 e. The number of aliphatic imine (C=N–C) groups is 1. The predicted molar refractivity (Wildman–Crippen MR) is 129 cm³/mol. The molecule has 0 saturated heterocycles. The predicted octanol–water partition coefficient (Wildman–Crippen LogP) is 3.29. The molecule has 0 unspecified atom stereocenters. The number of rotatable bonds is 7. The summed E-state index contributed by atoms with van der Waals surface area (Å²) in [5.41, 5.74) is 9.23. The standard InChI is InChI=1S/C24H22F3N7O2/c1-14-3-4-18(34-22(35)17(8-28)11-31-12-24(25,26)27)6-19(14)15-5-16(10-30-9-15)20-7-21(23(36)29-2)33-13-32-20/h3-11,13H,12,28H2,1-2H3,(H,29,36)(H,34,35). The maximum atomic E-state index is 12.5. The van der Waals surface area contributed by atoms with Crippen molar-refractivity contribution in [1.82, 2.24) is 20.3 Å². The van der Waals surface area contributed by atoms with Crippen LogP contribution in [0.15, 0.2) is 65.8 Å². The number of carbonyl (C=O) groups is 2. The van der Waals surface area contributed by atoms with Crippen molar-refractivity contribution in [3.05, 3.63) is 72.1 Å². The molecule has 2 amide bonds. The number of hydrogen-bond acceptors (Lipinski definition) is 7. The molecule has 0 spiro atoms. The van der Waals surface area contributed by atoms with Gasteiger partial charge in [0.15, 0.2) is 0 Å². The number of nitrogens with one attached hydrogen (secondary N) is 2. The molecule has 0 radical (unpaired) electrons. The highest BCUT2D eigenvalue weighted by atomic mass is 19.4. The average molecular weight is 497 g/mol. The second-order valence-corrected chi connectivity index (χ2v) is 7.52. The Balaban J connectivity index is 1.86. The summed E-state index contributed by atoms with van der Waals surface area (Å²) in [6.07, 6.45) is 1.68. The third-order valence-electron chi connectivity index (χ3n) is 4.91. The lowest BCUT2D eigenvalue weighted by molar-refractivity contribution is -0.118. The lowest BCUT2D eigenvalue weighted by Crippen LogP contribution is -2.19. The third-order valence-corrected chi connectivity index (χ3v) is 4.91. The van der Waals surface area contributed by atoms with Crippen LogP contribution in [-0.2, 0) is 4.79 Å². The molecule has 0 saturated carbocycles. The number of amides is 2. The van der Waals surface area contributed by atoms with Crippen LogP contribution in [0.1, 0.15) is 16.1 Å². The SMILES string of the molecule is CNC(=O)c1cc(-c2cncc(-c3cc(NC(=O)C(C=NCC(F)(F)F)=CN)ccc3C)c2)ncn1. The fourth-order valence-electron chi connectivity index (χ4n) is 3.13. The van der Waals surface area contributed by atoms with Gasteiger partial charge in [-0.15, -0.1) is 0 Å². The topological polar surface area (TPSA) is 135 Å². The molecule has 0 atom stereocenters. The highest BCUT2D eigenvalue weighted by Crippen LogP contribution is 2.29. The number of anilines is 1. The largest absolute Gasteiger partial charge is 0.407 e. The van der Waals surface area contributed by atoms with Crippen LogP contribution in [0.4, 0.5) is 18.9 Å². The summed E-state index contributed by atoms with van der Waals surface area (Å²) in [7, 11) is 1.50. The Morgan fingerprint density at radius 2 is 1.86 bits per heavy atom. The Morgan fingerprint density at radius 3 is 2.56 bits per heavy atom. The summed E-state index contributed by atoms with van der Waals surface area (Å²) in [5.74, 6) is -1.07. The summed E-state index contributed by atoms with van der Waals surface area (Å²) < 4.78 is 36.9. The number of halogens is 3. The third kappa shape index (κ3) is 6.72. The van der Waals surface area contributed by atoms with Crippen molar-refractivity contribution in [1.29, 1.82) is 0 Å². The molecule has 0 aliphatic carbocycles. The van der Waals surface area contributed by atoms with E-state index in [1.165, 1.54) is 13.4 Å². The number of aromatic nitrogens is 3. The van der Waals surface area contributed by atoms with E-state index in [0.29, 0.717) is 22.5 Å². The molecule has 3 rings (SSSR count). The molecule has 0 bridgehead atoms. The van der Waals surface area contributed by atoms with E-state index in [0.717, 1.165) is 23.5 Å². The first-order valence-electron chi connectivity index (χ1n) is 10.5. The molecular weight excluding hydrogens is 475 g/mol. The molecule has 4 N–H and O–H groups in total. The molecule has 2 heterocycles. The van der Waals surface area contributed by atoms with Gasteiger partial charge in [0.1, 0.15) is 18.6 Å². The zero-order chi connectivity index (χ0) is 26.3. The summed E-state index contributed by atoms with van der Waals surface area (Å²) in [4.78, 5) is 40.1. The molecule has 3 aromatic rings. The molecule has 0 fully saturated rings. The van der Waals surface area contributed by atoms with Gasteiger partial charge >= 0.3 is 6.18 Å². The molecule has 36 heavy (non-hydrogen) atoms. The minimum Gasteiger partial charge on any atom is -0.404 e. The van der Waals surface area contributed by atoms with E-state index in [2.05, 4.69) is 30.6 Å². The van der Waals surface area contributed by atoms with E-state index in [4.69, 9.17) is 5.73 Å². The molecule has 12 heteroatoms. The fourth-order valence-corrected chi connectivity index (χ4v) is 3.13. The van der Waals surface area contributed by atoms with Crippen LogP contribution in [0.5, 0.6) is 0 Å². The van der Waals surface area contributed by atoms with E-state index < -0.39 is 18.6 Å². The first kappa shape index (κ1) is 26.0. The molecule has 0 aliphatic heterocycles. The van der Waals surface area contributed by atoms with Crippen LogP contribution in [-0.4, -0.2) is 52.7 Å². The Morgan fingerprint density at radius 1 is 1.11 bits per heavy atom. The van der Waals surface area contributed by atoms with Crippen LogP contribution >= 0.6 is 0 Å². The lowest BCUT2D eigenvalue weighted by atomic mass is 9.99. The highest BCUT2D eigenvalue weighted by Gasteiger charge is 2.26. The van der Waals surface area contributed by atoms with Gasteiger partial charge in [-0.2, -0.15) is 13.2 Å². The number of carbonyl (C=O) groups excluding carboxylic acids is 2. The van der Waals surface area contributed by atoms with Gasteiger partial charge in [-0.05, 0) is 42.3 Å². The van der Waals surface area contributed by atoms with Crippen molar-refractivity contribution in [2.24, 2.45) is 10.7 Å². The van der Waals surface area contributed by atoms with Crippen LogP contribution in [0.2, 0.25) is 0 Å². The minimum absolute atomic E-state index is 0.205. The van der Waals surface area contributed by atoms with Crippen LogP contribution < -0.4 is 16.4 Å². The van der Waals surface area contributed by atoms with Gasteiger partial charge in [0.25, 0.3) is 11.8 Å². The maximum absolute atomic E-state index is 12.5. The number of pyridine rings is 1. The Bertz CT molecular complexity index is 1340. The summed E-state index contributed by atoms with van der Waals surface area (Å²) in [6.45, 7) is 0.448. The Hall–Kier alpha value is -4.61. The molecular formula is C24H22F3N7O2. The monoisotopic (exact) mass is 497 g/mol. The zero-order valence-corrected chi connectivity index (χ0v) is 19.3. The van der Waals surface area contributed by atoms with Crippen LogP contribution in [0, 0.1) is 6.92 Å². The van der Waals surface area contributed by atoms with Gasteiger partial charge < -0.3 is 16.4 Å². The number of nitrogens with two attached hydrogens (primary N) is 1. The first-order valence-corrected chi connectivity index (χ1v) is 10.5.